The summed E-state index contributed by atoms with van der Waals surface area (Å²) >= 11 is 9.25. The number of thiocarbonyl (C=S) groups is 1. The topological polar surface area (TPSA) is 17.0 Å². The van der Waals surface area contributed by atoms with Crippen molar-refractivity contribution in [3.63, 3.8) is 0 Å². The van der Waals surface area contributed by atoms with Gasteiger partial charge in [0.15, 0.2) is 0 Å². The van der Waals surface area contributed by atoms with Crippen molar-refractivity contribution in [2.75, 3.05) is 5.43 Å². The van der Waals surface area contributed by atoms with E-state index in [1.54, 1.807) is 4.68 Å². The van der Waals surface area contributed by atoms with E-state index >= 15 is 0 Å². The number of nitrogens with one attached hydrogen (secondary N) is 1. The Morgan fingerprint density at radius 2 is 1.90 bits per heavy atom. The minimum absolute atomic E-state index is 0. The maximum Gasteiger partial charge on any atom is 0.0261 e. The van der Waals surface area contributed by atoms with Crippen LogP contribution in [0.5, 0.6) is 0 Å². The number of hydrogen-bond acceptors (Lipinski definition) is 2. The molecule has 1 rings (SSSR count). The Labute approximate surface area is 84.6 Å². The number of hydrogen-bond donors (Lipinski definition) is 1. The summed E-state index contributed by atoms with van der Waals surface area (Å²) < 4.78 is 2.06. The van der Waals surface area contributed by atoms with Crippen molar-refractivity contribution in [1.82, 2.24) is 4.68 Å². The molecule has 0 aliphatic rings. The third kappa shape index (κ3) is 3.30. The molecule has 0 saturated carbocycles. The molecule has 0 fully saturated rings. The molecule has 0 aliphatic carbocycles. The van der Waals surface area contributed by atoms with Crippen LogP contribution < -0.4 is 5.43 Å². The van der Waals surface area contributed by atoms with E-state index in [0.717, 1.165) is 0 Å². The van der Waals surface area contributed by atoms with Gasteiger partial charge in [-0.05, 0) is 16.5 Å². The average molecular weight is 253 g/mol. The maximum absolute atomic E-state index is 4.63. The molecule has 0 aromatic carbocycles. The SMILES string of the molecule is S=C([S-])Nn1cccc1.[Mo]. The Hall–Kier alpha value is 0.0783. The summed E-state index contributed by atoms with van der Waals surface area (Å²) in [4.78, 5) is 0. The van der Waals surface area contributed by atoms with Crippen LogP contribution in [0.3, 0.4) is 0 Å². The first kappa shape index (κ1) is 10.1. The zero-order valence-electron chi connectivity index (χ0n) is 4.98. The van der Waals surface area contributed by atoms with Crippen LogP contribution in [0.4, 0.5) is 0 Å². The molecule has 1 aromatic heterocycles. The summed E-state index contributed by atoms with van der Waals surface area (Å²) in [5, 5.41) is 0. The van der Waals surface area contributed by atoms with Gasteiger partial charge >= 0.3 is 0 Å². The molecule has 0 saturated heterocycles. The standard InChI is InChI=1S/C5H6N2S2.Mo/c8-5(9)6-7-3-1-2-4-7;/h1-4H,(H2,6,8,9);/p-1. The van der Waals surface area contributed by atoms with Crippen molar-refractivity contribution in [3.8, 4) is 0 Å². The largest absolute Gasteiger partial charge is 0.410 e. The zero-order chi connectivity index (χ0) is 6.69. The summed E-state index contributed by atoms with van der Waals surface area (Å²) in [6.07, 6.45) is 3.66. The van der Waals surface area contributed by atoms with Gasteiger partial charge in [0.05, 0.1) is 0 Å². The summed E-state index contributed by atoms with van der Waals surface area (Å²) in [7, 11) is 0. The molecule has 0 aliphatic heterocycles. The first-order chi connectivity index (χ1) is 4.29. The molecular formula is C5H5MoN2S2-. The summed E-state index contributed by atoms with van der Waals surface area (Å²) in [6, 6.07) is 3.78. The fourth-order valence-electron chi connectivity index (χ4n) is 0.514. The van der Waals surface area contributed by atoms with E-state index in [1.807, 2.05) is 24.5 Å². The van der Waals surface area contributed by atoms with Crippen molar-refractivity contribution in [3.05, 3.63) is 24.5 Å². The molecule has 2 nitrogen and oxygen atoms in total. The summed E-state index contributed by atoms with van der Waals surface area (Å²) in [6.45, 7) is 0. The second-order valence-corrected chi connectivity index (χ2v) is 2.56. The van der Waals surface area contributed by atoms with Gasteiger partial charge in [-0.3, -0.25) is 4.68 Å². The number of aromatic nitrogens is 1. The van der Waals surface area contributed by atoms with E-state index in [4.69, 9.17) is 0 Å². The maximum atomic E-state index is 4.63. The third-order valence-corrected chi connectivity index (χ3v) is 1.01. The van der Waals surface area contributed by atoms with Gasteiger partial charge in [0.25, 0.3) is 0 Å². The van der Waals surface area contributed by atoms with E-state index < -0.39 is 0 Å². The molecule has 10 heavy (non-hydrogen) atoms. The quantitative estimate of drug-likeness (QED) is 0.454. The molecule has 0 radical (unpaired) electrons. The van der Waals surface area contributed by atoms with Crippen molar-refractivity contribution in [1.29, 1.82) is 0 Å². The molecule has 5 heteroatoms. The molecule has 0 spiro atoms. The number of nitrogens with zero attached hydrogens (tertiary/aromatic N) is 1. The molecular weight excluding hydrogens is 248 g/mol. The smallest absolute Gasteiger partial charge is 0.0261 e. The van der Waals surface area contributed by atoms with Crippen LogP contribution in [0.25, 0.3) is 0 Å². The van der Waals surface area contributed by atoms with Crippen LogP contribution >= 0.6 is 12.2 Å². The Kier molecular flexibility index (Phi) is 4.87. The van der Waals surface area contributed by atoms with Gasteiger partial charge in [0.1, 0.15) is 0 Å². The van der Waals surface area contributed by atoms with Gasteiger partial charge in [-0.2, -0.15) is 0 Å². The fourth-order valence-corrected chi connectivity index (χ4v) is 0.725. The van der Waals surface area contributed by atoms with Crippen molar-refractivity contribution in [2.45, 2.75) is 0 Å². The first-order valence-corrected chi connectivity index (χ1v) is 3.21. The van der Waals surface area contributed by atoms with E-state index in [2.05, 4.69) is 30.3 Å². The van der Waals surface area contributed by atoms with E-state index in [1.165, 1.54) is 0 Å². The Morgan fingerprint density at radius 1 is 1.40 bits per heavy atom. The molecule has 1 heterocycles. The average Bonchev–Trinajstić information content (AvgIpc) is 2.15. The van der Waals surface area contributed by atoms with Gasteiger partial charge in [0.2, 0.25) is 0 Å². The third-order valence-electron chi connectivity index (χ3n) is 0.825. The van der Waals surface area contributed by atoms with Gasteiger partial charge in [-0.25, -0.2) is 0 Å². The Balaban J connectivity index is 0.000000810. The molecule has 0 unspecified atom stereocenters. The zero-order valence-corrected chi connectivity index (χ0v) is 8.62. The van der Waals surface area contributed by atoms with E-state index in [9.17, 15) is 0 Å². The predicted octanol–water partition coefficient (Wildman–Crippen LogP) is 0.861. The van der Waals surface area contributed by atoms with Crippen molar-refractivity contribution < 1.29 is 21.1 Å². The van der Waals surface area contributed by atoms with Crippen molar-refractivity contribution in [2.24, 2.45) is 0 Å². The second kappa shape index (κ2) is 4.83. The Bertz CT molecular complexity index is 197. The molecule has 0 bridgehead atoms. The second-order valence-electron chi connectivity index (χ2n) is 1.49. The van der Waals surface area contributed by atoms with Crippen LogP contribution in [-0.2, 0) is 33.7 Å². The van der Waals surface area contributed by atoms with Gasteiger partial charge < -0.3 is 30.3 Å². The normalized spacial score (nSPS) is 8.00. The molecule has 0 atom stereocenters. The number of rotatable bonds is 1. The fraction of sp³-hybridized carbons (Fsp3) is 0. The molecule has 54 valence electrons. The molecule has 0 amide bonds. The summed E-state index contributed by atoms with van der Waals surface area (Å²) in [5.41, 5.74) is 2.75. The minimum atomic E-state index is 0. The minimum Gasteiger partial charge on any atom is -0.410 e. The van der Waals surface area contributed by atoms with Crippen LogP contribution in [-0.4, -0.2) is 9.00 Å². The van der Waals surface area contributed by atoms with Crippen LogP contribution in [0.15, 0.2) is 24.5 Å². The van der Waals surface area contributed by atoms with Gasteiger partial charge in [-0.1, -0.05) is 0 Å². The molecule has 1 aromatic rings. The monoisotopic (exact) mass is 255 g/mol. The van der Waals surface area contributed by atoms with E-state index in [0.29, 0.717) is 4.32 Å². The summed E-state index contributed by atoms with van der Waals surface area (Å²) in [5.74, 6) is 0. The van der Waals surface area contributed by atoms with Crippen LogP contribution in [0.2, 0.25) is 0 Å². The van der Waals surface area contributed by atoms with Crippen LogP contribution in [0, 0.1) is 0 Å². The Morgan fingerprint density at radius 3 is 2.30 bits per heavy atom. The predicted molar refractivity (Wildman–Crippen MR) is 43.8 cm³/mol. The van der Waals surface area contributed by atoms with E-state index in [-0.39, 0.29) is 21.1 Å². The molecule has 1 N–H and O–H groups in total. The first-order valence-electron chi connectivity index (χ1n) is 2.40. The van der Waals surface area contributed by atoms with Crippen LogP contribution in [0.1, 0.15) is 0 Å². The van der Waals surface area contributed by atoms with Gasteiger partial charge in [0, 0.05) is 33.5 Å². The van der Waals surface area contributed by atoms with Gasteiger partial charge in [-0.15, -0.1) is 0 Å². The van der Waals surface area contributed by atoms with Crippen molar-refractivity contribution >= 4 is 29.2 Å².